The molecule has 0 N–H and O–H groups in total. The standard InChI is InChI=1S/C13H24ClNO4/c1-19-13(16)11-9-7-5-3-2-4-6-8-10-12(14)15(17)18/h12H,2-11H2,1H3. The molecule has 19 heavy (non-hydrogen) atoms. The number of halogens is 1. The molecule has 5 nitrogen and oxygen atoms in total. The first-order chi connectivity index (χ1) is 9.07. The van der Waals surface area contributed by atoms with Crippen LogP contribution >= 0.6 is 11.6 Å². The Morgan fingerprint density at radius 2 is 1.58 bits per heavy atom. The number of methoxy groups -OCH3 is 1. The van der Waals surface area contributed by atoms with Crippen molar-refractivity contribution >= 4 is 17.6 Å². The van der Waals surface area contributed by atoms with E-state index in [-0.39, 0.29) is 5.97 Å². The SMILES string of the molecule is COC(=O)CCCCCCCCCCC(Cl)[N+](=O)[O-]. The average molecular weight is 294 g/mol. The maximum Gasteiger partial charge on any atom is 0.305 e. The Morgan fingerprint density at radius 3 is 2.05 bits per heavy atom. The van der Waals surface area contributed by atoms with Crippen LogP contribution in [0.1, 0.15) is 64.2 Å². The second-order valence-corrected chi connectivity index (χ2v) is 5.17. The summed E-state index contributed by atoms with van der Waals surface area (Å²) in [6, 6.07) is 0. The molecule has 0 aromatic rings. The van der Waals surface area contributed by atoms with Crippen LogP contribution in [0.5, 0.6) is 0 Å². The fraction of sp³-hybridized carbons (Fsp3) is 0.923. The predicted octanol–water partition coefficient (Wildman–Crippen LogP) is 3.90. The Kier molecular flexibility index (Phi) is 11.7. The monoisotopic (exact) mass is 293 g/mol. The molecule has 0 heterocycles. The minimum atomic E-state index is -0.932. The van der Waals surface area contributed by atoms with Gasteiger partial charge in [-0.05, 0) is 24.4 Å². The summed E-state index contributed by atoms with van der Waals surface area (Å²) in [5.74, 6) is -0.138. The van der Waals surface area contributed by atoms with Crippen LogP contribution in [0.25, 0.3) is 0 Å². The smallest absolute Gasteiger partial charge is 0.305 e. The number of carbonyl (C=O) groups excluding carboxylic acids is 1. The number of unbranched alkanes of at least 4 members (excludes halogenated alkanes) is 7. The zero-order valence-corrected chi connectivity index (χ0v) is 12.4. The zero-order chi connectivity index (χ0) is 14.5. The number of esters is 1. The van der Waals surface area contributed by atoms with E-state index in [0.29, 0.717) is 12.8 Å². The molecule has 0 saturated carbocycles. The molecule has 0 aromatic heterocycles. The number of ether oxygens (including phenoxy) is 1. The van der Waals surface area contributed by atoms with Gasteiger partial charge in [0.1, 0.15) is 0 Å². The van der Waals surface area contributed by atoms with Crippen LogP contribution < -0.4 is 0 Å². The minimum absolute atomic E-state index is 0.138. The van der Waals surface area contributed by atoms with Gasteiger partial charge in [-0.25, -0.2) is 0 Å². The first kappa shape index (κ1) is 18.2. The minimum Gasteiger partial charge on any atom is -0.469 e. The molecule has 0 amide bonds. The van der Waals surface area contributed by atoms with Crippen molar-refractivity contribution < 1.29 is 14.5 Å². The van der Waals surface area contributed by atoms with E-state index in [4.69, 9.17) is 11.6 Å². The molecule has 0 bridgehead atoms. The van der Waals surface area contributed by atoms with Crippen molar-refractivity contribution in [1.29, 1.82) is 0 Å². The lowest BCUT2D eigenvalue weighted by Gasteiger charge is -2.03. The summed E-state index contributed by atoms with van der Waals surface area (Å²) in [6.07, 6.45) is 9.25. The highest BCUT2D eigenvalue weighted by Crippen LogP contribution is 2.13. The second-order valence-electron chi connectivity index (χ2n) is 4.66. The first-order valence-corrected chi connectivity index (χ1v) is 7.36. The summed E-state index contributed by atoms with van der Waals surface area (Å²) in [5, 5.41) is 10.3. The summed E-state index contributed by atoms with van der Waals surface area (Å²) in [5.41, 5.74) is -0.932. The summed E-state index contributed by atoms with van der Waals surface area (Å²) >= 11 is 5.51. The number of alkyl halides is 1. The molecule has 0 saturated heterocycles. The molecule has 0 fully saturated rings. The third kappa shape index (κ3) is 12.0. The maximum atomic E-state index is 10.8. The van der Waals surface area contributed by atoms with Crippen LogP contribution in [0.4, 0.5) is 0 Å². The van der Waals surface area contributed by atoms with E-state index in [1.807, 2.05) is 0 Å². The summed E-state index contributed by atoms with van der Waals surface area (Å²) in [7, 11) is 1.41. The fourth-order valence-electron chi connectivity index (χ4n) is 1.85. The molecule has 0 aliphatic heterocycles. The third-order valence-electron chi connectivity index (χ3n) is 3.03. The zero-order valence-electron chi connectivity index (χ0n) is 11.6. The van der Waals surface area contributed by atoms with Crippen LogP contribution in [-0.4, -0.2) is 23.5 Å². The molecule has 0 aliphatic carbocycles. The molecule has 0 aromatic carbocycles. The Morgan fingerprint density at radius 1 is 1.11 bits per heavy atom. The quantitative estimate of drug-likeness (QED) is 0.137. The predicted molar refractivity (Wildman–Crippen MR) is 74.8 cm³/mol. The van der Waals surface area contributed by atoms with Gasteiger partial charge >= 0.3 is 5.97 Å². The van der Waals surface area contributed by atoms with Gasteiger partial charge in [0.25, 0.3) is 5.50 Å². The number of carbonyl (C=O) groups is 1. The van der Waals surface area contributed by atoms with Crippen LogP contribution in [0.15, 0.2) is 0 Å². The van der Waals surface area contributed by atoms with Crippen molar-refractivity contribution in [3.8, 4) is 0 Å². The van der Waals surface area contributed by atoms with Gasteiger partial charge in [-0.2, -0.15) is 0 Å². The van der Waals surface area contributed by atoms with Gasteiger partial charge in [0.05, 0.1) is 7.11 Å². The number of hydrogen-bond acceptors (Lipinski definition) is 4. The molecule has 112 valence electrons. The molecular weight excluding hydrogens is 270 g/mol. The van der Waals surface area contributed by atoms with Crippen LogP contribution in [-0.2, 0) is 9.53 Å². The summed E-state index contributed by atoms with van der Waals surface area (Å²) in [4.78, 5) is 20.7. The molecule has 0 rings (SSSR count). The molecular formula is C13H24ClNO4. The van der Waals surface area contributed by atoms with E-state index in [1.54, 1.807) is 0 Å². The van der Waals surface area contributed by atoms with Gasteiger partial charge in [-0.3, -0.25) is 14.9 Å². The van der Waals surface area contributed by atoms with Crippen molar-refractivity contribution in [2.45, 2.75) is 69.7 Å². The highest BCUT2D eigenvalue weighted by Gasteiger charge is 2.13. The third-order valence-corrected chi connectivity index (χ3v) is 3.41. The van der Waals surface area contributed by atoms with Crippen molar-refractivity contribution in [3.05, 3.63) is 10.1 Å². The van der Waals surface area contributed by atoms with Crippen LogP contribution in [0.2, 0.25) is 0 Å². The lowest BCUT2D eigenvalue weighted by molar-refractivity contribution is -0.499. The van der Waals surface area contributed by atoms with E-state index in [1.165, 1.54) is 7.11 Å². The number of hydrogen-bond donors (Lipinski definition) is 0. The van der Waals surface area contributed by atoms with E-state index in [9.17, 15) is 14.9 Å². The Balaban J connectivity index is 3.15. The van der Waals surface area contributed by atoms with Crippen molar-refractivity contribution in [3.63, 3.8) is 0 Å². The Hall–Kier alpha value is -0.840. The van der Waals surface area contributed by atoms with Crippen molar-refractivity contribution in [2.75, 3.05) is 7.11 Å². The average Bonchev–Trinajstić information content (AvgIpc) is 2.39. The van der Waals surface area contributed by atoms with Crippen molar-refractivity contribution in [1.82, 2.24) is 0 Å². The van der Waals surface area contributed by atoms with Gasteiger partial charge < -0.3 is 4.74 Å². The Bertz CT molecular complexity index is 261. The van der Waals surface area contributed by atoms with E-state index in [0.717, 1.165) is 51.4 Å². The fourth-order valence-corrected chi connectivity index (χ4v) is 2.00. The van der Waals surface area contributed by atoms with Gasteiger partial charge in [0.15, 0.2) is 0 Å². The van der Waals surface area contributed by atoms with Gasteiger partial charge in [0, 0.05) is 17.8 Å². The van der Waals surface area contributed by atoms with E-state index >= 15 is 0 Å². The van der Waals surface area contributed by atoms with Gasteiger partial charge in [0.2, 0.25) is 0 Å². The van der Waals surface area contributed by atoms with Gasteiger partial charge in [-0.1, -0.05) is 38.5 Å². The highest BCUT2D eigenvalue weighted by molar-refractivity contribution is 6.19. The molecule has 6 heteroatoms. The topological polar surface area (TPSA) is 69.4 Å². The maximum absolute atomic E-state index is 10.8. The van der Waals surface area contributed by atoms with Crippen molar-refractivity contribution in [2.24, 2.45) is 0 Å². The van der Waals surface area contributed by atoms with Gasteiger partial charge in [-0.15, -0.1) is 0 Å². The summed E-state index contributed by atoms with van der Waals surface area (Å²) < 4.78 is 4.56. The molecule has 0 aliphatic rings. The lowest BCUT2D eigenvalue weighted by atomic mass is 10.1. The number of rotatable bonds is 12. The number of nitrogens with zero attached hydrogens (tertiary/aromatic N) is 1. The van der Waals surface area contributed by atoms with E-state index < -0.39 is 10.4 Å². The normalized spacial score (nSPS) is 12.1. The molecule has 1 unspecified atom stereocenters. The van der Waals surface area contributed by atoms with E-state index in [2.05, 4.69) is 4.74 Å². The first-order valence-electron chi connectivity index (χ1n) is 6.92. The van der Waals surface area contributed by atoms with Crippen LogP contribution in [0.3, 0.4) is 0 Å². The molecule has 0 radical (unpaired) electrons. The molecule has 1 atom stereocenters. The lowest BCUT2D eigenvalue weighted by Crippen LogP contribution is -2.11. The summed E-state index contributed by atoms with van der Waals surface area (Å²) in [6.45, 7) is 0. The molecule has 0 spiro atoms. The second kappa shape index (κ2) is 12.2. The highest BCUT2D eigenvalue weighted by atomic mass is 35.5. The Labute approximate surface area is 119 Å². The largest absolute Gasteiger partial charge is 0.469 e. The van der Waals surface area contributed by atoms with Crippen LogP contribution in [0, 0.1) is 10.1 Å². The number of nitro groups is 1.